The Morgan fingerprint density at radius 3 is 2.12 bits per heavy atom. The third kappa shape index (κ3) is 7.60. The zero-order valence-electron chi connectivity index (χ0n) is 11.6. The van der Waals surface area contributed by atoms with Gasteiger partial charge in [-0.3, -0.25) is 0 Å². The first-order chi connectivity index (χ1) is 7.65. The van der Waals surface area contributed by atoms with E-state index in [4.69, 9.17) is 0 Å². The Balaban J connectivity index is 4.43. The quantitative estimate of drug-likeness (QED) is 0.739. The molecule has 0 fully saturated rings. The molecule has 0 aliphatic heterocycles. The number of hydrogen-bond acceptors (Lipinski definition) is 3. The van der Waals surface area contributed by atoms with Crippen molar-refractivity contribution >= 4 is 12.0 Å². The second-order valence-corrected chi connectivity index (χ2v) is 5.55. The summed E-state index contributed by atoms with van der Waals surface area (Å²) in [5.74, 6) is -0.114. The highest BCUT2D eigenvalue weighted by Gasteiger charge is 2.24. The maximum Gasteiger partial charge on any atom is 0.328 e. The lowest BCUT2D eigenvalue weighted by Gasteiger charge is -2.24. The van der Waals surface area contributed by atoms with Crippen molar-refractivity contribution in [3.63, 3.8) is 0 Å². The molecule has 1 unspecified atom stereocenters. The standard InChI is InChI=1S/C12H24N2O3/c1-8(2)7-9(10(15)17-6)13-11(16)14-12(3,4)5/h8-9H,7H2,1-6H3,(H2,13,14,16). The number of carbonyl (C=O) groups excluding carboxylic acids is 2. The molecule has 17 heavy (non-hydrogen) atoms. The molecule has 0 saturated heterocycles. The minimum Gasteiger partial charge on any atom is -0.467 e. The molecule has 1 atom stereocenters. The molecule has 0 saturated carbocycles. The molecule has 2 N–H and O–H groups in total. The van der Waals surface area contributed by atoms with Crippen molar-refractivity contribution < 1.29 is 14.3 Å². The Bertz CT molecular complexity index is 269. The first-order valence-corrected chi connectivity index (χ1v) is 5.82. The molecule has 100 valence electrons. The predicted octanol–water partition coefficient (Wildman–Crippen LogP) is 1.67. The summed E-state index contributed by atoms with van der Waals surface area (Å²) in [6.45, 7) is 9.60. The Morgan fingerprint density at radius 1 is 1.24 bits per heavy atom. The van der Waals surface area contributed by atoms with Gasteiger partial charge in [0.05, 0.1) is 7.11 Å². The summed E-state index contributed by atoms with van der Waals surface area (Å²) in [7, 11) is 1.32. The number of hydrogen-bond donors (Lipinski definition) is 2. The summed E-state index contributed by atoms with van der Waals surface area (Å²) < 4.78 is 4.66. The van der Waals surface area contributed by atoms with Gasteiger partial charge in [-0.1, -0.05) is 13.8 Å². The lowest BCUT2D eigenvalue weighted by Crippen LogP contribution is -2.52. The molecule has 0 aliphatic rings. The van der Waals surface area contributed by atoms with Crippen molar-refractivity contribution in [3.05, 3.63) is 0 Å². The summed E-state index contributed by atoms with van der Waals surface area (Å²) in [5.41, 5.74) is -0.331. The first-order valence-electron chi connectivity index (χ1n) is 5.82. The van der Waals surface area contributed by atoms with E-state index >= 15 is 0 Å². The van der Waals surface area contributed by atoms with Crippen LogP contribution < -0.4 is 10.6 Å². The van der Waals surface area contributed by atoms with Crippen LogP contribution >= 0.6 is 0 Å². The molecule has 0 aromatic rings. The molecular weight excluding hydrogens is 220 g/mol. The Labute approximate surface area is 103 Å². The number of ether oxygens (including phenoxy) is 1. The predicted molar refractivity (Wildman–Crippen MR) is 66.7 cm³/mol. The van der Waals surface area contributed by atoms with Crippen LogP contribution in [0.15, 0.2) is 0 Å². The average Bonchev–Trinajstić information content (AvgIpc) is 2.11. The molecule has 0 aliphatic carbocycles. The summed E-state index contributed by atoms with van der Waals surface area (Å²) in [4.78, 5) is 23.1. The van der Waals surface area contributed by atoms with Gasteiger partial charge in [-0.05, 0) is 33.1 Å². The van der Waals surface area contributed by atoms with Crippen molar-refractivity contribution in [1.29, 1.82) is 0 Å². The number of urea groups is 1. The molecule has 0 aromatic heterocycles. The SMILES string of the molecule is COC(=O)C(CC(C)C)NC(=O)NC(C)(C)C. The fraction of sp³-hybridized carbons (Fsp3) is 0.833. The van der Waals surface area contributed by atoms with Gasteiger partial charge in [0, 0.05) is 5.54 Å². The van der Waals surface area contributed by atoms with E-state index in [0.29, 0.717) is 12.3 Å². The van der Waals surface area contributed by atoms with Crippen LogP contribution in [-0.4, -0.2) is 30.7 Å². The fourth-order valence-corrected chi connectivity index (χ4v) is 1.36. The van der Waals surface area contributed by atoms with E-state index in [2.05, 4.69) is 15.4 Å². The smallest absolute Gasteiger partial charge is 0.328 e. The van der Waals surface area contributed by atoms with E-state index in [1.54, 1.807) is 0 Å². The van der Waals surface area contributed by atoms with Gasteiger partial charge in [0.15, 0.2) is 0 Å². The van der Waals surface area contributed by atoms with Crippen LogP contribution in [0.25, 0.3) is 0 Å². The van der Waals surface area contributed by atoms with Gasteiger partial charge in [-0.2, -0.15) is 0 Å². The van der Waals surface area contributed by atoms with Gasteiger partial charge in [0.1, 0.15) is 6.04 Å². The number of esters is 1. The molecule has 0 bridgehead atoms. The van der Waals surface area contributed by atoms with Gasteiger partial charge in [-0.25, -0.2) is 9.59 Å². The minimum atomic E-state index is -0.595. The second kappa shape index (κ2) is 6.47. The highest BCUT2D eigenvalue weighted by Crippen LogP contribution is 2.06. The maximum atomic E-state index is 11.6. The van der Waals surface area contributed by atoms with Crippen molar-refractivity contribution in [3.8, 4) is 0 Å². The van der Waals surface area contributed by atoms with Crippen LogP contribution in [0, 0.1) is 5.92 Å². The molecular formula is C12H24N2O3. The summed E-state index contributed by atoms with van der Waals surface area (Å²) in [6.07, 6.45) is 0.560. The molecule has 0 spiro atoms. The van der Waals surface area contributed by atoms with E-state index in [0.717, 1.165) is 0 Å². The Morgan fingerprint density at radius 2 is 1.76 bits per heavy atom. The van der Waals surface area contributed by atoms with Crippen LogP contribution in [0.5, 0.6) is 0 Å². The Hall–Kier alpha value is -1.26. The monoisotopic (exact) mass is 244 g/mol. The lowest BCUT2D eigenvalue weighted by atomic mass is 10.0. The summed E-state index contributed by atoms with van der Waals surface area (Å²) >= 11 is 0. The van der Waals surface area contributed by atoms with Crippen LogP contribution in [-0.2, 0) is 9.53 Å². The van der Waals surface area contributed by atoms with Gasteiger partial charge < -0.3 is 15.4 Å². The van der Waals surface area contributed by atoms with E-state index < -0.39 is 12.0 Å². The lowest BCUT2D eigenvalue weighted by molar-refractivity contribution is -0.143. The molecule has 0 rings (SSSR count). The van der Waals surface area contributed by atoms with Crippen molar-refractivity contribution in [2.75, 3.05) is 7.11 Å². The van der Waals surface area contributed by atoms with E-state index in [-0.39, 0.29) is 11.6 Å². The van der Waals surface area contributed by atoms with E-state index in [1.165, 1.54) is 7.11 Å². The number of nitrogens with one attached hydrogen (secondary N) is 2. The van der Waals surface area contributed by atoms with Crippen LogP contribution in [0.3, 0.4) is 0 Å². The Kier molecular flexibility index (Phi) is 5.99. The van der Waals surface area contributed by atoms with Crippen molar-refractivity contribution in [2.24, 2.45) is 5.92 Å². The zero-order valence-corrected chi connectivity index (χ0v) is 11.6. The molecule has 0 heterocycles. The minimum absolute atomic E-state index is 0.300. The van der Waals surface area contributed by atoms with Crippen LogP contribution in [0.4, 0.5) is 4.79 Å². The number of methoxy groups -OCH3 is 1. The zero-order chi connectivity index (χ0) is 13.6. The van der Waals surface area contributed by atoms with Crippen molar-refractivity contribution in [1.82, 2.24) is 10.6 Å². The number of rotatable bonds is 4. The van der Waals surface area contributed by atoms with Gasteiger partial charge >= 0.3 is 12.0 Å². The van der Waals surface area contributed by atoms with E-state index in [9.17, 15) is 9.59 Å². The number of amides is 2. The topological polar surface area (TPSA) is 67.4 Å². The molecule has 0 radical (unpaired) electrons. The van der Waals surface area contributed by atoms with E-state index in [1.807, 2.05) is 34.6 Å². The fourth-order valence-electron chi connectivity index (χ4n) is 1.36. The van der Waals surface area contributed by atoms with Crippen LogP contribution in [0.1, 0.15) is 41.0 Å². The molecule has 2 amide bonds. The van der Waals surface area contributed by atoms with Gasteiger partial charge in [0.25, 0.3) is 0 Å². The first kappa shape index (κ1) is 15.7. The van der Waals surface area contributed by atoms with Gasteiger partial charge in [0.2, 0.25) is 0 Å². The van der Waals surface area contributed by atoms with Crippen molar-refractivity contribution in [2.45, 2.75) is 52.6 Å². The molecule has 0 aromatic carbocycles. The molecule has 5 heteroatoms. The van der Waals surface area contributed by atoms with Gasteiger partial charge in [-0.15, -0.1) is 0 Å². The third-order valence-corrected chi connectivity index (χ3v) is 1.99. The summed E-state index contributed by atoms with van der Waals surface area (Å²) in [5, 5.41) is 5.37. The summed E-state index contributed by atoms with van der Waals surface area (Å²) in [6, 6.07) is -0.948. The maximum absolute atomic E-state index is 11.6. The highest BCUT2D eigenvalue weighted by atomic mass is 16.5. The third-order valence-electron chi connectivity index (χ3n) is 1.99. The van der Waals surface area contributed by atoms with Crippen LogP contribution in [0.2, 0.25) is 0 Å². The average molecular weight is 244 g/mol. The highest BCUT2D eigenvalue weighted by molar-refractivity contribution is 5.83. The second-order valence-electron chi connectivity index (χ2n) is 5.55. The largest absolute Gasteiger partial charge is 0.467 e. The normalized spacial score (nSPS) is 13.1. The molecule has 5 nitrogen and oxygen atoms in total. The number of carbonyl (C=O) groups is 2.